The van der Waals surface area contributed by atoms with Crippen LogP contribution in [0.3, 0.4) is 0 Å². The second-order valence-electron chi connectivity index (χ2n) is 3.77. The highest BCUT2D eigenvalue weighted by Gasteiger charge is 2.33. The normalized spacial score (nSPS) is 24.0. The first-order valence-corrected chi connectivity index (χ1v) is 4.93. The molecule has 4 N–H and O–H groups in total. The molecule has 90 valence electrons. The van der Waals surface area contributed by atoms with Gasteiger partial charge in [0, 0.05) is 5.92 Å². The fourth-order valence-corrected chi connectivity index (χ4v) is 1.71. The highest BCUT2D eigenvalue weighted by molar-refractivity contribution is 5.80. The van der Waals surface area contributed by atoms with Crippen LogP contribution in [0.2, 0.25) is 0 Å². The van der Waals surface area contributed by atoms with E-state index in [2.05, 4.69) is 10.3 Å². The second kappa shape index (κ2) is 5.45. The van der Waals surface area contributed by atoms with Crippen molar-refractivity contribution >= 4 is 17.8 Å². The van der Waals surface area contributed by atoms with Crippen LogP contribution in [0.15, 0.2) is 0 Å². The summed E-state index contributed by atoms with van der Waals surface area (Å²) in [6.45, 7) is -0.388. The minimum atomic E-state index is -0.881. The molecule has 2 unspecified atom stereocenters. The molecule has 1 fully saturated rings. The summed E-state index contributed by atoms with van der Waals surface area (Å²) in [6.07, 6.45) is 1.31. The number of carbonyl (C=O) groups excluding carboxylic acids is 2. The summed E-state index contributed by atoms with van der Waals surface area (Å²) >= 11 is 0. The number of hydroxylamine groups is 1. The van der Waals surface area contributed by atoms with Gasteiger partial charge in [-0.25, -0.2) is 5.48 Å². The van der Waals surface area contributed by atoms with Crippen LogP contribution in [0.4, 0.5) is 0 Å². The Bertz CT molecular complexity index is 304. The number of amides is 2. The maximum atomic E-state index is 11.4. The van der Waals surface area contributed by atoms with Gasteiger partial charge in [-0.2, -0.15) is 0 Å². The summed E-state index contributed by atoms with van der Waals surface area (Å²) in [4.78, 5) is 36.9. The summed E-state index contributed by atoms with van der Waals surface area (Å²) in [6, 6.07) is 0. The molecular formula is C9H14N2O5. The number of nitrogens with one attached hydrogen (secondary N) is 1. The number of carboxylic acids is 1. The van der Waals surface area contributed by atoms with Gasteiger partial charge in [0.05, 0.1) is 5.92 Å². The molecule has 7 nitrogen and oxygen atoms in total. The Labute approximate surface area is 91.9 Å². The third kappa shape index (κ3) is 3.50. The van der Waals surface area contributed by atoms with Crippen LogP contribution in [0.5, 0.6) is 0 Å². The van der Waals surface area contributed by atoms with Gasteiger partial charge in [-0.1, -0.05) is 0 Å². The molecule has 0 aromatic heterocycles. The predicted molar refractivity (Wildman–Crippen MR) is 51.8 cm³/mol. The summed E-state index contributed by atoms with van der Waals surface area (Å²) in [5.41, 5.74) is 6.88. The molecule has 0 aromatic carbocycles. The van der Waals surface area contributed by atoms with Gasteiger partial charge in [0.15, 0.2) is 6.61 Å². The molecule has 0 saturated heterocycles. The third-order valence-electron chi connectivity index (χ3n) is 2.54. The van der Waals surface area contributed by atoms with Gasteiger partial charge in [0.25, 0.3) is 0 Å². The van der Waals surface area contributed by atoms with E-state index in [0.29, 0.717) is 19.3 Å². The lowest BCUT2D eigenvalue weighted by atomic mass is 10.1. The van der Waals surface area contributed by atoms with Gasteiger partial charge in [0.1, 0.15) is 0 Å². The minimum absolute atomic E-state index is 0.307. The number of carbonyl (C=O) groups is 3. The van der Waals surface area contributed by atoms with E-state index in [1.165, 1.54) is 0 Å². The number of aliphatic carboxylic acids is 1. The van der Waals surface area contributed by atoms with Gasteiger partial charge in [0.2, 0.25) is 11.8 Å². The fraction of sp³-hybridized carbons (Fsp3) is 0.667. The van der Waals surface area contributed by atoms with Gasteiger partial charge in [-0.05, 0) is 19.3 Å². The number of hydrogen-bond acceptors (Lipinski definition) is 4. The van der Waals surface area contributed by atoms with E-state index in [-0.39, 0.29) is 12.5 Å². The fourth-order valence-electron chi connectivity index (χ4n) is 1.71. The molecule has 1 aliphatic carbocycles. The molecule has 7 heteroatoms. The number of primary amides is 1. The minimum Gasteiger partial charge on any atom is -0.481 e. The second-order valence-corrected chi connectivity index (χ2v) is 3.77. The first kappa shape index (κ1) is 12.4. The van der Waals surface area contributed by atoms with Crippen molar-refractivity contribution in [3.63, 3.8) is 0 Å². The van der Waals surface area contributed by atoms with Crippen molar-refractivity contribution in [1.29, 1.82) is 0 Å². The Morgan fingerprint density at radius 3 is 2.44 bits per heavy atom. The van der Waals surface area contributed by atoms with E-state index in [1.54, 1.807) is 0 Å². The van der Waals surface area contributed by atoms with Gasteiger partial charge in [-0.15, -0.1) is 0 Å². The van der Waals surface area contributed by atoms with Crippen molar-refractivity contribution in [3.8, 4) is 0 Å². The predicted octanol–water partition coefficient (Wildman–Crippen LogP) is -0.980. The molecular weight excluding hydrogens is 216 g/mol. The van der Waals surface area contributed by atoms with Crippen molar-refractivity contribution in [2.24, 2.45) is 17.6 Å². The Morgan fingerprint density at radius 1 is 1.31 bits per heavy atom. The largest absolute Gasteiger partial charge is 0.481 e. The highest BCUT2D eigenvalue weighted by Crippen LogP contribution is 2.30. The lowest BCUT2D eigenvalue weighted by Gasteiger charge is -2.09. The standard InChI is InChI=1S/C9H14N2O5/c10-7(12)4-16-11-8(13)5-1-2-6(3-5)9(14)15/h5-6H,1-4H2,(H2,10,12)(H,11,13)(H,14,15). The van der Waals surface area contributed by atoms with Crippen LogP contribution < -0.4 is 11.2 Å². The molecule has 0 spiro atoms. The number of carboxylic acid groups (broad SMARTS) is 1. The molecule has 0 aliphatic heterocycles. The monoisotopic (exact) mass is 230 g/mol. The molecule has 1 rings (SSSR count). The lowest BCUT2D eigenvalue weighted by Crippen LogP contribution is -2.33. The zero-order valence-corrected chi connectivity index (χ0v) is 8.64. The van der Waals surface area contributed by atoms with Crippen molar-refractivity contribution in [2.75, 3.05) is 6.61 Å². The summed E-state index contributed by atoms with van der Waals surface area (Å²) in [5, 5.41) is 8.74. The van der Waals surface area contributed by atoms with Crippen LogP contribution in [-0.4, -0.2) is 29.5 Å². The summed E-state index contributed by atoms with van der Waals surface area (Å²) in [7, 11) is 0. The molecule has 0 radical (unpaired) electrons. The van der Waals surface area contributed by atoms with E-state index in [4.69, 9.17) is 10.8 Å². The maximum Gasteiger partial charge on any atom is 0.306 e. The van der Waals surface area contributed by atoms with Crippen LogP contribution in [0, 0.1) is 11.8 Å². The molecule has 0 bridgehead atoms. The molecule has 16 heavy (non-hydrogen) atoms. The molecule has 2 atom stereocenters. The molecule has 1 saturated carbocycles. The van der Waals surface area contributed by atoms with Crippen molar-refractivity contribution < 1.29 is 24.3 Å². The summed E-state index contributed by atoms with van der Waals surface area (Å²) in [5.74, 6) is -2.80. The van der Waals surface area contributed by atoms with E-state index in [9.17, 15) is 14.4 Å². The van der Waals surface area contributed by atoms with E-state index in [1.807, 2.05) is 0 Å². The van der Waals surface area contributed by atoms with E-state index in [0.717, 1.165) is 0 Å². The first-order chi connectivity index (χ1) is 7.50. The maximum absolute atomic E-state index is 11.4. The Morgan fingerprint density at radius 2 is 1.94 bits per heavy atom. The Hall–Kier alpha value is -1.63. The Kier molecular flexibility index (Phi) is 4.24. The topological polar surface area (TPSA) is 119 Å². The van der Waals surface area contributed by atoms with Crippen LogP contribution in [-0.2, 0) is 19.2 Å². The number of hydrogen-bond donors (Lipinski definition) is 3. The quantitative estimate of drug-likeness (QED) is 0.524. The number of rotatable bonds is 5. The van der Waals surface area contributed by atoms with Crippen LogP contribution in [0.25, 0.3) is 0 Å². The van der Waals surface area contributed by atoms with Crippen molar-refractivity contribution in [2.45, 2.75) is 19.3 Å². The molecule has 1 aliphatic rings. The zero-order chi connectivity index (χ0) is 12.1. The van der Waals surface area contributed by atoms with Crippen molar-refractivity contribution in [1.82, 2.24) is 5.48 Å². The average molecular weight is 230 g/mol. The molecule has 2 amide bonds. The third-order valence-corrected chi connectivity index (χ3v) is 2.54. The average Bonchev–Trinajstić information content (AvgIpc) is 2.65. The van der Waals surface area contributed by atoms with E-state index < -0.39 is 23.7 Å². The van der Waals surface area contributed by atoms with Crippen LogP contribution >= 0.6 is 0 Å². The van der Waals surface area contributed by atoms with Gasteiger partial charge >= 0.3 is 5.97 Å². The first-order valence-electron chi connectivity index (χ1n) is 4.93. The Balaban J connectivity index is 2.28. The molecule has 0 heterocycles. The lowest BCUT2D eigenvalue weighted by molar-refractivity contribution is -0.142. The highest BCUT2D eigenvalue weighted by atomic mass is 16.7. The smallest absolute Gasteiger partial charge is 0.306 e. The van der Waals surface area contributed by atoms with Crippen molar-refractivity contribution in [3.05, 3.63) is 0 Å². The zero-order valence-electron chi connectivity index (χ0n) is 8.64. The van der Waals surface area contributed by atoms with E-state index >= 15 is 0 Å². The van der Waals surface area contributed by atoms with Gasteiger partial charge < -0.3 is 10.8 Å². The molecule has 0 aromatic rings. The van der Waals surface area contributed by atoms with Gasteiger partial charge in [-0.3, -0.25) is 19.2 Å². The summed E-state index contributed by atoms with van der Waals surface area (Å²) < 4.78 is 0. The number of nitrogens with two attached hydrogens (primary N) is 1. The van der Waals surface area contributed by atoms with Crippen LogP contribution in [0.1, 0.15) is 19.3 Å². The SMILES string of the molecule is NC(=O)CONC(=O)C1CCC(C(=O)O)C1.